The number of hydrogen-bond donors (Lipinski definition) is 1. The topological polar surface area (TPSA) is 75.7 Å². The van der Waals surface area contributed by atoms with Crippen LogP contribution in [0.3, 0.4) is 0 Å². The van der Waals surface area contributed by atoms with Crippen LogP contribution in [0.1, 0.15) is 28.4 Å². The molecule has 1 unspecified atom stereocenters. The lowest BCUT2D eigenvalue weighted by atomic mass is 10.1. The van der Waals surface area contributed by atoms with E-state index in [9.17, 15) is 14.4 Å². The molecule has 0 aliphatic carbocycles. The van der Waals surface area contributed by atoms with Gasteiger partial charge in [0.25, 0.3) is 5.91 Å². The molecule has 0 aromatic heterocycles. The first kappa shape index (κ1) is 15.0. The van der Waals surface area contributed by atoms with Gasteiger partial charge in [0.15, 0.2) is 6.10 Å². The fraction of sp³-hybridized carbons (Fsp3) is 0.400. The van der Waals surface area contributed by atoms with Crippen molar-refractivity contribution in [3.63, 3.8) is 0 Å². The van der Waals surface area contributed by atoms with Crippen LogP contribution in [0.15, 0.2) is 18.2 Å². The van der Waals surface area contributed by atoms with Crippen LogP contribution >= 0.6 is 0 Å². The van der Waals surface area contributed by atoms with Gasteiger partial charge < -0.3 is 10.1 Å². The lowest BCUT2D eigenvalue weighted by molar-refractivity contribution is -0.136. The number of nitrogens with zero attached hydrogens (tertiary/aromatic N) is 1. The Morgan fingerprint density at radius 3 is 2.62 bits per heavy atom. The Morgan fingerprint density at radius 1 is 1.33 bits per heavy atom. The fourth-order valence-corrected chi connectivity index (χ4v) is 2.22. The Balaban J connectivity index is 2.05. The van der Waals surface area contributed by atoms with E-state index in [-0.39, 0.29) is 0 Å². The molecular formula is C15H18N2O4. The molecule has 0 spiro atoms. The molecule has 1 aliphatic rings. The molecule has 1 aliphatic heterocycles. The predicted octanol–water partition coefficient (Wildman–Crippen LogP) is 1.40. The molecule has 1 aromatic rings. The van der Waals surface area contributed by atoms with Crippen LogP contribution < -0.4 is 5.32 Å². The van der Waals surface area contributed by atoms with Gasteiger partial charge in [0, 0.05) is 13.1 Å². The summed E-state index contributed by atoms with van der Waals surface area (Å²) in [6.45, 7) is 5.92. The number of rotatable bonds is 3. The number of carbonyl (C=O) groups is 3. The number of benzene rings is 1. The molecule has 6 heteroatoms. The van der Waals surface area contributed by atoms with Gasteiger partial charge in [-0.3, -0.25) is 9.69 Å². The zero-order valence-electron chi connectivity index (χ0n) is 12.3. The Hall–Kier alpha value is -2.37. The van der Waals surface area contributed by atoms with Crippen LogP contribution in [0.2, 0.25) is 0 Å². The highest BCUT2D eigenvalue weighted by molar-refractivity contribution is 5.99. The molecule has 0 saturated carbocycles. The van der Waals surface area contributed by atoms with Gasteiger partial charge in [-0.05, 0) is 32.4 Å². The molecular weight excluding hydrogens is 272 g/mol. The number of urea groups is 1. The number of amides is 3. The van der Waals surface area contributed by atoms with E-state index < -0.39 is 24.0 Å². The number of esters is 1. The van der Waals surface area contributed by atoms with Crippen molar-refractivity contribution in [2.75, 3.05) is 13.1 Å². The standard InChI is InChI=1S/C15H18N2O4/c1-9-4-5-12(10(2)8-9)14(19)21-11(3)13(18)17-7-6-16-15(17)20/h4-5,8,11H,6-7H2,1-3H3,(H,16,20). The molecule has 112 valence electrons. The number of aryl methyl sites for hydroxylation is 2. The number of imide groups is 1. The van der Waals surface area contributed by atoms with Gasteiger partial charge in [-0.15, -0.1) is 0 Å². The van der Waals surface area contributed by atoms with Crippen molar-refractivity contribution in [2.45, 2.75) is 26.9 Å². The summed E-state index contributed by atoms with van der Waals surface area (Å²) in [7, 11) is 0. The summed E-state index contributed by atoms with van der Waals surface area (Å²) in [5.41, 5.74) is 2.26. The lowest BCUT2D eigenvalue weighted by Crippen LogP contribution is -2.41. The summed E-state index contributed by atoms with van der Waals surface area (Å²) in [5.74, 6) is -1.07. The molecule has 1 atom stereocenters. The van der Waals surface area contributed by atoms with Crippen molar-refractivity contribution >= 4 is 17.9 Å². The largest absolute Gasteiger partial charge is 0.449 e. The molecule has 0 bridgehead atoms. The first-order chi connectivity index (χ1) is 9.90. The molecule has 1 saturated heterocycles. The van der Waals surface area contributed by atoms with Crippen molar-refractivity contribution in [3.8, 4) is 0 Å². The molecule has 2 rings (SSSR count). The highest BCUT2D eigenvalue weighted by Gasteiger charge is 2.31. The SMILES string of the molecule is Cc1ccc(C(=O)OC(C)C(=O)N2CCNC2=O)c(C)c1. The second-order valence-electron chi connectivity index (χ2n) is 5.09. The highest BCUT2D eigenvalue weighted by atomic mass is 16.5. The van der Waals surface area contributed by atoms with Gasteiger partial charge in [-0.1, -0.05) is 17.7 Å². The molecule has 6 nitrogen and oxygen atoms in total. The van der Waals surface area contributed by atoms with Crippen molar-refractivity contribution < 1.29 is 19.1 Å². The van der Waals surface area contributed by atoms with E-state index in [2.05, 4.69) is 5.32 Å². The van der Waals surface area contributed by atoms with Crippen LogP contribution in [0, 0.1) is 13.8 Å². The van der Waals surface area contributed by atoms with Gasteiger partial charge in [0.05, 0.1) is 5.56 Å². The Bertz CT molecular complexity index is 597. The fourth-order valence-electron chi connectivity index (χ4n) is 2.22. The number of ether oxygens (including phenoxy) is 1. The monoisotopic (exact) mass is 290 g/mol. The minimum absolute atomic E-state index is 0.295. The number of nitrogens with one attached hydrogen (secondary N) is 1. The maximum Gasteiger partial charge on any atom is 0.339 e. The van der Waals surface area contributed by atoms with E-state index in [1.54, 1.807) is 6.07 Å². The average molecular weight is 290 g/mol. The summed E-state index contributed by atoms with van der Waals surface area (Å²) in [4.78, 5) is 36.6. The van der Waals surface area contributed by atoms with Crippen molar-refractivity contribution in [2.24, 2.45) is 0 Å². The molecule has 1 N–H and O–H groups in total. The maximum absolute atomic E-state index is 12.1. The van der Waals surface area contributed by atoms with Gasteiger partial charge in [0.1, 0.15) is 0 Å². The first-order valence-electron chi connectivity index (χ1n) is 6.77. The van der Waals surface area contributed by atoms with Gasteiger partial charge in [-0.2, -0.15) is 0 Å². The summed E-state index contributed by atoms with van der Waals surface area (Å²) >= 11 is 0. The lowest BCUT2D eigenvalue weighted by Gasteiger charge is -2.18. The Labute approximate surface area is 123 Å². The quantitative estimate of drug-likeness (QED) is 0.854. The second kappa shape index (κ2) is 5.95. The van der Waals surface area contributed by atoms with Crippen LogP contribution in [0.4, 0.5) is 4.79 Å². The molecule has 21 heavy (non-hydrogen) atoms. The van der Waals surface area contributed by atoms with Crippen molar-refractivity contribution in [1.82, 2.24) is 10.2 Å². The molecule has 1 fully saturated rings. The van der Waals surface area contributed by atoms with Gasteiger partial charge in [-0.25, -0.2) is 9.59 Å². The van der Waals surface area contributed by atoms with Gasteiger partial charge >= 0.3 is 12.0 Å². The first-order valence-corrected chi connectivity index (χ1v) is 6.77. The summed E-state index contributed by atoms with van der Waals surface area (Å²) in [6.07, 6.45) is -0.998. The van der Waals surface area contributed by atoms with E-state index in [0.29, 0.717) is 18.7 Å². The Morgan fingerprint density at radius 2 is 2.05 bits per heavy atom. The van der Waals surface area contributed by atoms with Crippen molar-refractivity contribution in [1.29, 1.82) is 0 Å². The molecule has 1 aromatic carbocycles. The van der Waals surface area contributed by atoms with Crippen LogP contribution in [-0.4, -0.2) is 42.0 Å². The number of hydrogen-bond acceptors (Lipinski definition) is 4. The highest BCUT2D eigenvalue weighted by Crippen LogP contribution is 2.14. The van der Waals surface area contributed by atoms with E-state index >= 15 is 0 Å². The number of carbonyl (C=O) groups excluding carboxylic acids is 3. The van der Waals surface area contributed by atoms with E-state index in [1.807, 2.05) is 26.0 Å². The van der Waals surface area contributed by atoms with Crippen LogP contribution in [0.5, 0.6) is 0 Å². The smallest absolute Gasteiger partial charge is 0.339 e. The second-order valence-corrected chi connectivity index (χ2v) is 5.09. The maximum atomic E-state index is 12.1. The van der Waals surface area contributed by atoms with E-state index in [1.165, 1.54) is 6.92 Å². The minimum atomic E-state index is -0.998. The third-order valence-electron chi connectivity index (χ3n) is 3.36. The average Bonchev–Trinajstić information content (AvgIpc) is 2.83. The molecule has 1 heterocycles. The molecule has 0 radical (unpaired) electrons. The van der Waals surface area contributed by atoms with E-state index in [4.69, 9.17) is 4.74 Å². The van der Waals surface area contributed by atoms with Crippen LogP contribution in [0.25, 0.3) is 0 Å². The zero-order chi connectivity index (χ0) is 15.6. The minimum Gasteiger partial charge on any atom is -0.449 e. The summed E-state index contributed by atoms with van der Waals surface area (Å²) < 4.78 is 5.17. The van der Waals surface area contributed by atoms with Crippen LogP contribution in [-0.2, 0) is 9.53 Å². The third-order valence-corrected chi connectivity index (χ3v) is 3.36. The summed E-state index contributed by atoms with van der Waals surface area (Å²) in [5, 5.41) is 2.53. The van der Waals surface area contributed by atoms with E-state index in [0.717, 1.165) is 16.0 Å². The normalized spacial score (nSPS) is 15.6. The van der Waals surface area contributed by atoms with Crippen molar-refractivity contribution in [3.05, 3.63) is 34.9 Å². The zero-order valence-corrected chi connectivity index (χ0v) is 12.3. The predicted molar refractivity (Wildman–Crippen MR) is 75.9 cm³/mol. The Kier molecular flexibility index (Phi) is 4.26. The third kappa shape index (κ3) is 3.21. The van der Waals surface area contributed by atoms with Gasteiger partial charge in [0.2, 0.25) is 0 Å². The summed E-state index contributed by atoms with van der Waals surface area (Å²) in [6, 6.07) is 4.91. The molecule has 3 amide bonds.